The molecule has 1 aromatic rings. The molecule has 0 saturated heterocycles. The largest absolute Gasteiger partial charge is 0.359 e. The SMILES string of the molecule is CNc1ncc(Br)n1C. The third-order valence-corrected chi connectivity index (χ3v) is 1.89. The van der Waals surface area contributed by atoms with Crippen molar-refractivity contribution in [2.45, 2.75) is 0 Å². The van der Waals surface area contributed by atoms with E-state index in [0.717, 1.165) is 10.6 Å². The van der Waals surface area contributed by atoms with Crippen molar-refractivity contribution in [1.82, 2.24) is 9.55 Å². The summed E-state index contributed by atoms with van der Waals surface area (Å²) >= 11 is 3.32. The van der Waals surface area contributed by atoms with Crippen molar-refractivity contribution in [3.8, 4) is 0 Å². The van der Waals surface area contributed by atoms with Crippen LogP contribution in [0.15, 0.2) is 10.8 Å². The van der Waals surface area contributed by atoms with Gasteiger partial charge in [0.25, 0.3) is 0 Å². The van der Waals surface area contributed by atoms with E-state index in [1.165, 1.54) is 0 Å². The number of hydrogen-bond donors (Lipinski definition) is 1. The number of anilines is 1. The monoisotopic (exact) mass is 189 g/mol. The van der Waals surface area contributed by atoms with Gasteiger partial charge in [-0.25, -0.2) is 4.98 Å². The average molecular weight is 190 g/mol. The molecule has 0 amide bonds. The zero-order valence-corrected chi connectivity index (χ0v) is 6.94. The highest BCUT2D eigenvalue weighted by Gasteiger charge is 1.98. The predicted octanol–water partition coefficient (Wildman–Crippen LogP) is 1.22. The summed E-state index contributed by atoms with van der Waals surface area (Å²) in [6.45, 7) is 0. The van der Waals surface area contributed by atoms with E-state index in [1.54, 1.807) is 6.20 Å². The van der Waals surface area contributed by atoms with Crippen LogP contribution >= 0.6 is 15.9 Å². The van der Waals surface area contributed by atoms with Crippen LogP contribution in [0.2, 0.25) is 0 Å². The van der Waals surface area contributed by atoms with Gasteiger partial charge in [-0.3, -0.25) is 0 Å². The molecule has 50 valence electrons. The topological polar surface area (TPSA) is 29.9 Å². The minimum Gasteiger partial charge on any atom is -0.359 e. The second kappa shape index (κ2) is 2.39. The Balaban J connectivity index is 3.04. The maximum Gasteiger partial charge on any atom is 0.203 e. The van der Waals surface area contributed by atoms with Crippen LogP contribution < -0.4 is 5.32 Å². The third-order valence-electron chi connectivity index (χ3n) is 1.16. The molecule has 0 radical (unpaired) electrons. The van der Waals surface area contributed by atoms with E-state index in [4.69, 9.17) is 0 Å². The third kappa shape index (κ3) is 1.08. The van der Waals surface area contributed by atoms with Crippen LogP contribution in [-0.4, -0.2) is 16.6 Å². The molecule has 3 nitrogen and oxygen atoms in total. The molecule has 1 rings (SSSR count). The summed E-state index contributed by atoms with van der Waals surface area (Å²) in [7, 11) is 3.78. The molecule has 4 heteroatoms. The molecule has 0 fully saturated rings. The second-order valence-electron chi connectivity index (χ2n) is 1.71. The standard InChI is InChI=1S/C5H8BrN3/c1-7-5-8-3-4(6)9(5)2/h3H,1-2H3,(H,7,8). The van der Waals surface area contributed by atoms with Crippen LogP contribution in [0.3, 0.4) is 0 Å². The van der Waals surface area contributed by atoms with Crippen molar-refractivity contribution >= 4 is 21.9 Å². The number of halogens is 1. The fourth-order valence-corrected chi connectivity index (χ4v) is 0.891. The van der Waals surface area contributed by atoms with E-state index >= 15 is 0 Å². The first-order chi connectivity index (χ1) is 4.25. The molecular weight excluding hydrogens is 182 g/mol. The molecule has 0 aliphatic heterocycles. The van der Waals surface area contributed by atoms with E-state index in [2.05, 4.69) is 26.2 Å². The number of aromatic nitrogens is 2. The Labute approximate surface area is 62.2 Å². The number of hydrogen-bond acceptors (Lipinski definition) is 2. The van der Waals surface area contributed by atoms with Crippen molar-refractivity contribution in [2.24, 2.45) is 7.05 Å². The lowest BCUT2D eigenvalue weighted by Crippen LogP contribution is -1.97. The molecule has 0 bridgehead atoms. The van der Waals surface area contributed by atoms with Gasteiger partial charge in [0.2, 0.25) is 5.95 Å². The van der Waals surface area contributed by atoms with Gasteiger partial charge in [0.05, 0.1) is 6.20 Å². The van der Waals surface area contributed by atoms with E-state index in [9.17, 15) is 0 Å². The highest BCUT2D eigenvalue weighted by Crippen LogP contribution is 2.12. The highest BCUT2D eigenvalue weighted by molar-refractivity contribution is 9.10. The Morgan fingerprint density at radius 2 is 2.44 bits per heavy atom. The van der Waals surface area contributed by atoms with Gasteiger partial charge in [-0.2, -0.15) is 0 Å². The van der Waals surface area contributed by atoms with Gasteiger partial charge in [-0.1, -0.05) is 0 Å². The molecule has 1 aromatic heterocycles. The minimum absolute atomic E-state index is 0.863. The van der Waals surface area contributed by atoms with Gasteiger partial charge in [0.15, 0.2) is 0 Å². The summed E-state index contributed by atoms with van der Waals surface area (Å²) < 4.78 is 2.90. The molecule has 0 aliphatic rings. The lowest BCUT2D eigenvalue weighted by atomic mass is 10.9. The Kier molecular flexibility index (Phi) is 1.75. The fourth-order valence-electron chi connectivity index (χ4n) is 0.621. The van der Waals surface area contributed by atoms with Crippen LogP contribution in [0.1, 0.15) is 0 Å². The van der Waals surface area contributed by atoms with Gasteiger partial charge in [0, 0.05) is 14.1 Å². The molecule has 0 saturated carbocycles. The van der Waals surface area contributed by atoms with Crippen LogP contribution in [0.5, 0.6) is 0 Å². The van der Waals surface area contributed by atoms with E-state index < -0.39 is 0 Å². The predicted molar refractivity (Wildman–Crippen MR) is 40.5 cm³/mol. The molecule has 0 unspecified atom stereocenters. The van der Waals surface area contributed by atoms with Gasteiger partial charge in [0.1, 0.15) is 4.60 Å². The van der Waals surface area contributed by atoms with E-state index in [1.807, 2.05) is 18.7 Å². The average Bonchev–Trinajstić information content (AvgIpc) is 2.15. The molecule has 1 N–H and O–H groups in total. The summed E-state index contributed by atoms with van der Waals surface area (Å²) in [6, 6.07) is 0. The molecule has 0 atom stereocenters. The smallest absolute Gasteiger partial charge is 0.203 e. The van der Waals surface area contributed by atoms with Gasteiger partial charge in [-0.05, 0) is 15.9 Å². The Bertz CT molecular complexity index is 206. The lowest BCUT2D eigenvalue weighted by Gasteiger charge is -1.98. The number of nitrogens with zero attached hydrogens (tertiary/aromatic N) is 2. The quantitative estimate of drug-likeness (QED) is 0.721. The van der Waals surface area contributed by atoms with Crippen molar-refractivity contribution < 1.29 is 0 Å². The highest BCUT2D eigenvalue weighted by atomic mass is 79.9. The molecular formula is C5H8BrN3. The molecule has 1 heterocycles. The molecule has 0 aliphatic carbocycles. The van der Waals surface area contributed by atoms with Crippen molar-refractivity contribution in [3.63, 3.8) is 0 Å². The summed E-state index contributed by atoms with van der Waals surface area (Å²) in [5, 5.41) is 2.94. The van der Waals surface area contributed by atoms with Crippen LogP contribution in [0, 0.1) is 0 Å². The van der Waals surface area contributed by atoms with E-state index in [-0.39, 0.29) is 0 Å². The Morgan fingerprint density at radius 3 is 2.67 bits per heavy atom. The summed E-state index contributed by atoms with van der Waals surface area (Å²) in [5.41, 5.74) is 0. The Hall–Kier alpha value is -0.510. The summed E-state index contributed by atoms with van der Waals surface area (Å²) in [5.74, 6) is 0.863. The van der Waals surface area contributed by atoms with Gasteiger partial charge >= 0.3 is 0 Å². The van der Waals surface area contributed by atoms with Crippen molar-refractivity contribution in [3.05, 3.63) is 10.8 Å². The molecule has 0 spiro atoms. The number of rotatable bonds is 1. The van der Waals surface area contributed by atoms with Gasteiger partial charge < -0.3 is 9.88 Å². The first kappa shape index (κ1) is 6.61. The lowest BCUT2D eigenvalue weighted by molar-refractivity contribution is 0.897. The number of imidazole rings is 1. The first-order valence-corrected chi connectivity index (χ1v) is 3.40. The van der Waals surface area contributed by atoms with Crippen LogP contribution in [0.25, 0.3) is 0 Å². The maximum absolute atomic E-state index is 4.04. The van der Waals surface area contributed by atoms with Crippen molar-refractivity contribution in [2.75, 3.05) is 12.4 Å². The fraction of sp³-hybridized carbons (Fsp3) is 0.400. The molecule has 9 heavy (non-hydrogen) atoms. The maximum atomic E-state index is 4.04. The van der Waals surface area contributed by atoms with Crippen LogP contribution in [0.4, 0.5) is 5.95 Å². The summed E-state index contributed by atoms with van der Waals surface area (Å²) in [6.07, 6.45) is 1.76. The van der Waals surface area contributed by atoms with Gasteiger partial charge in [-0.15, -0.1) is 0 Å². The Morgan fingerprint density at radius 1 is 1.78 bits per heavy atom. The number of nitrogens with one attached hydrogen (secondary N) is 1. The minimum atomic E-state index is 0.863. The zero-order valence-electron chi connectivity index (χ0n) is 5.35. The summed E-state index contributed by atoms with van der Waals surface area (Å²) in [4.78, 5) is 4.04. The van der Waals surface area contributed by atoms with Crippen LogP contribution in [-0.2, 0) is 7.05 Å². The zero-order chi connectivity index (χ0) is 6.85. The molecule has 0 aromatic carbocycles. The first-order valence-electron chi connectivity index (χ1n) is 2.60. The van der Waals surface area contributed by atoms with E-state index in [0.29, 0.717) is 0 Å². The van der Waals surface area contributed by atoms with Crippen molar-refractivity contribution in [1.29, 1.82) is 0 Å². The second-order valence-corrected chi connectivity index (χ2v) is 2.53. The normalized spacial score (nSPS) is 9.67.